The number of nitrogens with one attached hydrogen (secondary N) is 4. The highest BCUT2D eigenvalue weighted by Crippen LogP contribution is 2.22. The van der Waals surface area contributed by atoms with Crippen molar-refractivity contribution in [3.8, 4) is 0 Å². The number of aryl methyl sites for hydroxylation is 1. The van der Waals surface area contributed by atoms with Gasteiger partial charge in [0.05, 0.1) is 5.92 Å². The number of anilines is 2. The number of carbonyl (C=O) groups excluding carboxylic acids is 1. The minimum absolute atomic E-state index is 0.217. The second kappa shape index (κ2) is 8.30. The van der Waals surface area contributed by atoms with E-state index in [0.29, 0.717) is 17.3 Å². The van der Waals surface area contributed by atoms with Crippen LogP contribution in [0.3, 0.4) is 0 Å². The van der Waals surface area contributed by atoms with E-state index in [1.54, 1.807) is 18.2 Å². The summed E-state index contributed by atoms with van der Waals surface area (Å²) in [4.78, 5) is 12.8. The normalized spacial score (nSPS) is 19.6. The molecule has 3 rings (SSSR count). The second-order valence-electron chi connectivity index (χ2n) is 7.33. The summed E-state index contributed by atoms with van der Waals surface area (Å²) in [6.07, 6.45) is 0. The minimum atomic E-state index is -3.82. The number of carbonyl (C=O) groups is 1. The maximum atomic E-state index is 12.8. The lowest BCUT2D eigenvalue weighted by molar-refractivity contribution is -0.119. The van der Waals surface area contributed by atoms with Gasteiger partial charge in [0.15, 0.2) is 5.37 Å². The topological polar surface area (TPSA) is 99.3 Å². The first-order valence-corrected chi connectivity index (χ1v) is 10.8. The summed E-state index contributed by atoms with van der Waals surface area (Å²) in [6, 6.07) is 14.6. The van der Waals surface area contributed by atoms with E-state index in [1.807, 2.05) is 37.3 Å². The van der Waals surface area contributed by atoms with Crippen LogP contribution < -0.4 is 20.9 Å². The van der Waals surface area contributed by atoms with Crippen molar-refractivity contribution >= 4 is 27.3 Å². The van der Waals surface area contributed by atoms with Crippen molar-refractivity contribution in [3.63, 3.8) is 0 Å². The van der Waals surface area contributed by atoms with E-state index in [-0.39, 0.29) is 12.5 Å². The van der Waals surface area contributed by atoms with Crippen molar-refractivity contribution in [3.05, 3.63) is 59.7 Å². The molecular formula is C20H26N4O3S. The van der Waals surface area contributed by atoms with Crippen LogP contribution in [-0.4, -0.2) is 26.2 Å². The van der Waals surface area contributed by atoms with E-state index in [4.69, 9.17) is 0 Å². The smallest absolute Gasteiger partial charge is 0.250 e. The van der Waals surface area contributed by atoms with Gasteiger partial charge in [-0.15, -0.1) is 0 Å². The van der Waals surface area contributed by atoms with Crippen LogP contribution >= 0.6 is 0 Å². The Morgan fingerprint density at radius 3 is 2.50 bits per heavy atom. The average molecular weight is 403 g/mol. The molecule has 28 heavy (non-hydrogen) atoms. The van der Waals surface area contributed by atoms with E-state index in [9.17, 15) is 13.2 Å². The summed E-state index contributed by atoms with van der Waals surface area (Å²) >= 11 is 0. The maximum Gasteiger partial charge on any atom is 0.250 e. The number of sulfonamides is 1. The zero-order valence-corrected chi connectivity index (χ0v) is 17.0. The second-order valence-corrected chi connectivity index (χ2v) is 9.14. The fraction of sp³-hybridized carbons (Fsp3) is 0.350. The van der Waals surface area contributed by atoms with Crippen molar-refractivity contribution in [2.24, 2.45) is 5.92 Å². The molecule has 2 atom stereocenters. The van der Waals surface area contributed by atoms with Crippen LogP contribution in [0.5, 0.6) is 0 Å². The summed E-state index contributed by atoms with van der Waals surface area (Å²) in [6.45, 7) is 6.29. The van der Waals surface area contributed by atoms with Gasteiger partial charge in [-0.05, 0) is 42.7 Å². The molecule has 2 unspecified atom stereocenters. The third-order valence-electron chi connectivity index (χ3n) is 4.74. The molecule has 2 aromatic carbocycles. The van der Waals surface area contributed by atoms with E-state index >= 15 is 0 Å². The predicted molar refractivity (Wildman–Crippen MR) is 111 cm³/mol. The van der Waals surface area contributed by atoms with Crippen molar-refractivity contribution in [1.82, 2.24) is 10.9 Å². The molecule has 1 heterocycles. The number of hydrazine groups is 1. The van der Waals surface area contributed by atoms with Crippen LogP contribution in [0.25, 0.3) is 0 Å². The highest BCUT2D eigenvalue weighted by molar-refractivity contribution is 7.93. The fourth-order valence-electron chi connectivity index (χ4n) is 3.06. The van der Waals surface area contributed by atoms with Gasteiger partial charge in [-0.2, -0.15) is 0 Å². The monoisotopic (exact) mass is 402 g/mol. The molecule has 8 heteroatoms. The van der Waals surface area contributed by atoms with Gasteiger partial charge < -0.3 is 5.32 Å². The molecule has 4 N–H and O–H groups in total. The number of hydrogen-bond acceptors (Lipinski definition) is 5. The van der Waals surface area contributed by atoms with Gasteiger partial charge in [-0.1, -0.05) is 43.7 Å². The first-order valence-electron chi connectivity index (χ1n) is 9.24. The van der Waals surface area contributed by atoms with E-state index in [0.717, 1.165) is 11.1 Å². The van der Waals surface area contributed by atoms with Crippen LogP contribution in [-0.2, 0) is 14.8 Å². The largest absolute Gasteiger partial charge is 0.326 e. The summed E-state index contributed by atoms with van der Waals surface area (Å²) < 4.78 is 28.2. The molecule has 1 saturated heterocycles. The van der Waals surface area contributed by atoms with E-state index in [1.165, 1.54) is 0 Å². The van der Waals surface area contributed by atoms with Crippen molar-refractivity contribution in [2.75, 3.05) is 16.6 Å². The first-order chi connectivity index (χ1) is 13.3. The first kappa shape index (κ1) is 20.3. The van der Waals surface area contributed by atoms with Gasteiger partial charge in [0.1, 0.15) is 0 Å². The summed E-state index contributed by atoms with van der Waals surface area (Å²) in [5, 5.41) is 1.76. The third kappa shape index (κ3) is 4.70. The third-order valence-corrected chi connectivity index (χ3v) is 6.37. The van der Waals surface area contributed by atoms with E-state index in [2.05, 4.69) is 34.7 Å². The standard InChI is InChI=1S/C20H26N4O3S/c1-13(2)15-5-4-6-17(11-15)22-19(25)18-12-21-23-20(18)28(26,27)24-16-9-7-14(3)8-10-16/h4-11,13,18,20-21,23-24H,12H2,1-3H3,(H,22,25). The van der Waals surface area contributed by atoms with Gasteiger partial charge in [-0.3, -0.25) is 14.9 Å². The Morgan fingerprint density at radius 1 is 1.11 bits per heavy atom. The Hall–Kier alpha value is -2.42. The molecule has 0 radical (unpaired) electrons. The van der Waals surface area contributed by atoms with Gasteiger partial charge in [0.2, 0.25) is 5.91 Å². The van der Waals surface area contributed by atoms with Crippen LogP contribution in [0, 0.1) is 12.8 Å². The number of rotatable bonds is 6. The lowest BCUT2D eigenvalue weighted by Crippen LogP contribution is -2.45. The molecule has 1 fully saturated rings. The zero-order valence-electron chi connectivity index (χ0n) is 16.2. The Kier molecular flexibility index (Phi) is 6.02. The highest BCUT2D eigenvalue weighted by Gasteiger charge is 2.41. The van der Waals surface area contributed by atoms with Crippen LogP contribution in [0.4, 0.5) is 11.4 Å². The van der Waals surface area contributed by atoms with Crippen molar-refractivity contribution in [1.29, 1.82) is 0 Å². The molecule has 7 nitrogen and oxygen atoms in total. The molecule has 2 aromatic rings. The molecule has 1 aliphatic heterocycles. The predicted octanol–water partition coefficient (Wildman–Crippen LogP) is 2.55. The molecule has 0 aromatic heterocycles. The molecule has 0 saturated carbocycles. The quantitative estimate of drug-likeness (QED) is 0.595. The summed E-state index contributed by atoms with van der Waals surface area (Å²) in [7, 11) is -3.82. The molecule has 150 valence electrons. The number of amides is 1. The van der Waals surface area contributed by atoms with Gasteiger partial charge in [-0.25, -0.2) is 13.8 Å². The van der Waals surface area contributed by atoms with Crippen molar-refractivity contribution in [2.45, 2.75) is 32.1 Å². The Bertz CT molecular complexity index is 942. The Balaban J connectivity index is 1.73. The number of benzene rings is 2. The molecule has 0 spiro atoms. The zero-order chi connectivity index (χ0) is 20.3. The van der Waals surface area contributed by atoms with Gasteiger partial charge in [0, 0.05) is 17.9 Å². The molecular weight excluding hydrogens is 376 g/mol. The molecule has 1 amide bonds. The summed E-state index contributed by atoms with van der Waals surface area (Å²) in [5.74, 6) is -0.790. The average Bonchev–Trinajstić information content (AvgIpc) is 3.15. The minimum Gasteiger partial charge on any atom is -0.326 e. The lowest BCUT2D eigenvalue weighted by atomic mass is 10.0. The summed E-state index contributed by atoms with van der Waals surface area (Å²) in [5.41, 5.74) is 8.76. The van der Waals surface area contributed by atoms with E-state index < -0.39 is 21.3 Å². The SMILES string of the molecule is Cc1ccc(NS(=O)(=O)C2NNCC2C(=O)Nc2cccc(C(C)C)c2)cc1. The molecule has 0 bridgehead atoms. The Morgan fingerprint density at radius 2 is 1.82 bits per heavy atom. The molecule has 1 aliphatic rings. The van der Waals surface area contributed by atoms with Gasteiger partial charge >= 0.3 is 0 Å². The van der Waals surface area contributed by atoms with Crippen LogP contribution in [0.2, 0.25) is 0 Å². The Labute approximate surface area is 165 Å². The molecule has 0 aliphatic carbocycles. The van der Waals surface area contributed by atoms with Crippen LogP contribution in [0.1, 0.15) is 30.9 Å². The fourth-order valence-corrected chi connectivity index (χ4v) is 4.54. The van der Waals surface area contributed by atoms with Crippen molar-refractivity contribution < 1.29 is 13.2 Å². The van der Waals surface area contributed by atoms with Gasteiger partial charge in [0.25, 0.3) is 10.0 Å². The number of hydrogen-bond donors (Lipinski definition) is 4. The van der Waals surface area contributed by atoms with Crippen LogP contribution in [0.15, 0.2) is 48.5 Å². The maximum absolute atomic E-state index is 12.8. The highest BCUT2D eigenvalue weighted by atomic mass is 32.2. The lowest BCUT2D eigenvalue weighted by Gasteiger charge is -2.20.